The van der Waals surface area contributed by atoms with Crippen LogP contribution in [-0.2, 0) is 10.0 Å². The molecule has 0 atom stereocenters. The number of sulfonamides is 1. The van der Waals surface area contributed by atoms with Crippen molar-refractivity contribution in [1.29, 1.82) is 0 Å². The van der Waals surface area contributed by atoms with E-state index < -0.39 is 15.9 Å². The largest absolute Gasteiger partial charge is 0.494 e. The lowest BCUT2D eigenvalue weighted by atomic mass is 10.2. The minimum Gasteiger partial charge on any atom is -0.494 e. The molecule has 1 rings (SSSR count). The average molecular weight is 336 g/mol. The van der Waals surface area contributed by atoms with Crippen LogP contribution in [0, 0.1) is 0 Å². The predicted octanol–water partition coefficient (Wildman–Crippen LogP) is 0.287. The van der Waals surface area contributed by atoms with Gasteiger partial charge in [-0.15, -0.1) is 0 Å². The summed E-state index contributed by atoms with van der Waals surface area (Å²) >= 11 is 5.92. The number of carbonyl (C=O) groups excluding carboxylic acids is 1. The monoisotopic (exact) mass is 335 g/mol. The Bertz CT molecular complexity index is 632. The molecule has 0 spiro atoms. The SMILES string of the molecule is COc1c(C(=O)N(C)C)cc(Cl)cc1S(=O)(=O)NCCN. The molecule has 0 fully saturated rings. The molecule has 0 heterocycles. The molecular formula is C12H18ClN3O4S. The van der Waals surface area contributed by atoms with Crippen molar-refractivity contribution >= 4 is 27.5 Å². The fourth-order valence-corrected chi connectivity index (χ4v) is 3.19. The number of nitrogens with two attached hydrogens (primary N) is 1. The lowest BCUT2D eigenvalue weighted by molar-refractivity contribution is 0.0824. The van der Waals surface area contributed by atoms with Crippen molar-refractivity contribution in [2.75, 3.05) is 34.3 Å². The van der Waals surface area contributed by atoms with E-state index in [2.05, 4.69) is 4.72 Å². The molecule has 0 saturated carbocycles. The molecule has 1 aromatic rings. The highest BCUT2D eigenvalue weighted by Crippen LogP contribution is 2.32. The second kappa shape index (κ2) is 7.08. The number of amides is 1. The number of carbonyl (C=O) groups is 1. The summed E-state index contributed by atoms with van der Waals surface area (Å²) in [5, 5.41) is 0.120. The summed E-state index contributed by atoms with van der Waals surface area (Å²) < 4.78 is 31.9. The maximum atomic E-state index is 12.2. The van der Waals surface area contributed by atoms with Crippen LogP contribution in [0.1, 0.15) is 10.4 Å². The van der Waals surface area contributed by atoms with Gasteiger partial charge >= 0.3 is 0 Å². The summed E-state index contributed by atoms with van der Waals surface area (Å²) in [7, 11) is 0.500. The van der Waals surface area contributed by atoms with Crippen LogP contribution in [0.3, 0.4) is 0 Å². The van der Waals surface area contributed by atoms with E-state index >= 15 is 0 Å². The number of hydrogen-bond acceptors (Lipinski definition) is 5. The topological polar surface area (TPSA) is 102 Å². The fraction of sp³-hybridized carbons (Fsp3) is 0.417. The summed E-state index contributed by atoms with van der Waals surface area (Å²) in [5.74, 6) is -0.466. The number of nitrogens with one attached hydrogen (secondary N) is 1. The highest BCUT2D eigenvalue weighted by molar-refractivity contribution is 7.89. The van der Waals surface area contributed by atoms with Crippen molar-refractivity contribution < 1.29 is 17.9 Å². The van der Waals surface area contributed by atoms with Gasteiger partial charge in [-0.3, -0.25) is 4.79 Å². The predicted molar refractivity (Wildman–Crippen MR) is 80.3 cm³/mol. The van der Waals surface area contributed by atoms with Crippen LogP contribution in [0.25, 0.3) is 0 Å². The molecule has 0 radical (unpaired) electrons. The van der Waals surface area contributed by atoms with Crippen LogP contribution in [0.2, 0.25) is 5.02 Å². The average Bonchev–Trinajstić information content (AvgIpc) is 2.43. The molecule has 1 aromatic carbocycles. The maximum absolute atomic E-state index is 12.2. The van der Waals surface area contributed by atoms with Gasteiger partial charge in [-0.1, -0.05) is 11.6 Å². The second-order valence-electron chi connectivity index (χ2n) is 4.37. The zero-order chi connectivity index (χ0) is 16.2. The van der Waals surface area contributed by atoms with Gasteiger partial charge in [0, 0.05) is 32.2 Å². The Morgan fingerprint density at radius 1 is 1.43 bits per heavy atom. The van der Waals surface area contributed by atoms with E-state index in [4.69, 9.17) is 22.1 Å². The van der Waals surface area contributed by atoms with Crippen molar-refractivity contribution in [3.05, 3.63) is 22.7 Å². The third-order valence-corrected chi connectivity index (χ3v) is 4.27. The molecule has 118 valence electrons. The number of nitrogens with zero attached hydrogens (tertiary/aromatic N) is 1. The molecule has 0 aliphatic carbocycles. The van der Waals surface area contributed by atoms with Crippen LogP contribution in [0.5, 0.6) is 5.75 Å². The minimum atomic E-state index is -3.88. The first kappa shape index (κ1) is 17.7. The van der Waals surface area contributed by atoms with E-state index in [-0.39, 0.29) is 34.3 Å². The molecule has 0 aliphatic heterocycles. The summed E-state index contributed by atoms with van der Waals surface area (Å²) in [5.41, 5.74) is 5.36. The Kier molecular flexibility index (Phi) is 5.97. The van der Waals surface area contributed by atoms with Gasteiger partial charge in [0.2, 0.25) is 10.0 Å². The Labute approximate surface area is 129 Å². The molecule has 9 heteroatoms. The quantitative estimate of drug-likeness (QED) is 0.778. The molecule has 1 amide bonds. The molecule has 21 heavy (non-hydrogen) atoms. The first-order chi connectivity index (χ1) is 9.74. The number of methoxy groups -OCH3 is 1. The van der Waals surface area contributed by atoms with Crippen molar-refractivity contribution in [2.24, 2.45) is 5.73 Å². The fourth-order valence-electron chi connectivity index (χ4n) is 1.65. The van der Waals surface area contributed by atoms with Gasteiger partial charge in [-0.05, 0) is 12.1 Å². The van der Waals surface area contributed by atoms with Crippen molar-refractivity contribution in [3.8, 4) is 5.75 Å². The first-order valence-corrected chi connectivity index (χ1v) is 7.89. The maximum Gasteiger partial charge on any atom is 0.257 e. The zero-order valence-corrected chi connectivity index (χ0v) is 13.6. The standard InChI is InChI=1S/C12H18ClN3O4S/c1-16(2)12(17)9-6-8(13)7-10(11(9)20-3)21(18,19)15-5-4-14/h6-7,15H,4-5,14H2,1-3H3. The number of rotatable bonds is 6. The van der Waals surface area contributed by atoms with Crippen molar-refractivity contribution in [1.82, 2.24) is 9.62 Å². The lowest BCUT2D eigenvalue weighted by Gasteiger charge is -2.17. The molecule has 0 aliphatic rings. The molecule has 0 aromatic heterocycles. The van der Waals surface area contributed by atoms with Gasteiger partial charge in [-0.2, -0.15) is 0 Å². The normalized spacial score (nSPS) is 11.3. The van der Waals surface area contributed by atoms with E-state index in [0.717, 1.165) is 0 Å². The number of hydrogen-bond donors (Lipinski definition) is 2. The highest BCUT2D eigenvalue weighted by Gasteiger charge is 2.26. The van der Waals surface area contributed by atoms with E-state index in [1.165, 1.54) is 24.1 Å². The second-order valence-corrected chi connectivity index (χ2v) is 6.54. The van der Waals surface area contributed by atoms with Crippen LogP contribution in [0.15, 0.2) is 17.0 Å². The number of ether oxygens (including phenoxy) is 1. The summed E-state index contributed by atoms with van der Waals surface area (Å²) in [6.45, 7) is 0.209. The van der Waals surface area contributed by atoms with Crippen molar-refractivity contribution in [3.63, 3.8) is 0 Å². The van der Waals surface area contributed by atoms with Gasteiger partial charge in [-0.25, -0.2) is 13.1 Å². The molecule has 7 nitrogen and oxygen atoms in total. The van der Waals surface area contributed by atoms with Gasteiger partial charge < -0.3 is 15.4 Å². The summed E-state index contributed by atoms with van der Waals surface area (Å²) in [4.78, 5) is 13.2. The van der Waals surface area contributed by atoms with Crippen LogP contribution in [0.4, 0.5) is 0 Å². The third kappa shape index (κ3) is 4.07. The Balaban J connectivity index is 3.50. The molecule has 0 bridgehead atoms. The number of halogens is 1. The van der Waals surface area contributed by atoms with Gasteiger partial charge in [0.25, 0.3) is 5.91 Å². The van der Waals surface area contributed by atoms with Gasteiger partial charge in [0.1, 0.15) is 4.90 Å². The van der Waals surface area contributed by atoms with Crippen LogP contribution < -0.4 is 15.2 Å². The Morgan fingerprint density at radius 2 is 2.05 bits per heavy atom. The third-order valence-electron chi connectivity index (χ3n) is 2.59. The first-order valence-electron chi connectivity index (χ1n) is 6.03. The summed E-state index contributed by atoms with van der Waals surface area (Å²) in [6, 6.07) is 2.59. The van der Waals surface area contributed by atoms with Gasteiger partial charge in [0.15, 0.2) is 5.75 Å². The summed E-state index contributed by atoms with van der Waals surface area (Å²) in [6.07, 6.45) is 0. The molecular weight excluding hydrogens is 318 g/mol. The zero-order valence-electron chi connectivity index (χ0n) is 12.0. The van der Waals surface area contributed by atoms with Crippen LogP contribution >= 0.6 is 11.6 Å². The van der Waals surface area contributed by atoms with Gasteiger partial charge in [0.05, 0.1) is 12.7 Å². The Morgan fingerprint density at radius 3 is 2.52 bits per heavy atom. The molecule has 0 saturated heterocycles. The van der Waals surface area contributed by atoms with E-state index in [1.54, 1.807) is 14.1 Å². The molecule has 3 N–H and O–H groups in total. The van der Waals surface area contributed by atoms with Crippen molar-refractivity contribution in [2.45, 2.75) is 4.90 Å². The lowest BCUT2D eigenvalue weighted by Crippen LogP contribution is -2.30. The van der Waals surface area contributed by atoms with Crippen LogP contribution in [-0.4, -0.2) is 53.5 Å². The van der Waals surface area contributed by atoms with E-state index in [1.807, 2.05) is 0 Å². The molecule has 0 unspecified atom stereocenters. The highest BCUT2D eigenvalue weighted by atomic mass is 35.5. The minimum absolute atomic E-state index is 0.0531. The van der Waals surface area contributed by atoms with E-state index in [9.17, 15) is 13.2 Å². The smallest absolute Gasteiger partial charge is 0.257 e. The Hall–Kier alpha value is -1.35. The van der Waals surface area contributed by atoms with E-state index in [0.29, 0.717) is 0 Å². The number of benzene rings is 1.